The van der Waals surface area contributed by atoms with Crippen LogP contribution in [0.3, 0.4) is 0 Å². The van der Waals surface area contributed by atoms with Gasteiger partial charge in [-0.25, -0.2) is 0 Å². The number of carboxylic acid groups (broad SMARTS) is 2. The first-order valence-electron chi connectivity index (χ1n) is 9.58. The molecule has 0 spiro atoms. The van der Waals surface area contributed by atoms with Crippen molar-refractivity contribution < 1.29 is 116 Å². The van der Waals surface area contributed by atoms with Crippen molar-refractivity contribution in [2.45, 2.75) is 75.0 Å². The van der Waals surface area contributed by atoms with Gasteiger partial charge in [0.1, 0.15) is 0 Å². The molecule has 2 saturated heterocycles. The van der Waals surface area contributed by atoms with Crippen LogP contribution in [-0.4, -0.2) is 73.4 Å². The van der Waals surface area contributed by atoms with Crippen LogP contribution in [0.15, 0.2) is 0 Å². The molecule has 2 atom stereocenters. The minimum absolute atomic E-state index is 0. The summed E-state index contributed by atoms with van der Waals surface area (Å²) in [6.07, 6.45) is 7.21. The van der Waals surface area contributed by atoms with Crippen LogP contribution in [0.2, 0.25) is 0 Å². The second-order valence-electron chi connectivity index (χ2n) is 6.68. The molecule has 0 aromatic rings. The van der Waals surface area contributed by atoms with Crippen LogP contribution in [0.5, 0.6) is 0 Å². The van der Waals surface area contributed by atoms with E-state index >= 15 is 0 Å². The fourth-order valence-electron chi connectivity index (χ4n) is 2.74. The molecular weight excluding hydrogens is 530 g/mol. The number of aliphatic carboxylic acids is 2. The number of carbonyl (C=O) groups excluding carboxylic acids is 4. The Labute approximate surface area is 258 Å². The van der Waals surface area contributed by atoms with Crippen molar-refractivity contribution in [3.63, 3.8) is 0 Å². The normalized spacial score (nSPS) is 16.7. The third-order valence-electron chi connectivity index (χ3n) is 4.17. The van der Waals surface area contributed by atoms with E-state index < -0.39 is 11.9 Å². The van der Waals surface area contributed by atoms with Gasteiger partial charge in [0.05, 0.1) is 22.3 Å². The summed E-state index contributed by atoms with van der Waals surface area (Å²) in [6, 6.07) is 0. The molecule has 2 aliphatic heterocycles. The molecule has 2 aliphatic rings. The molecule has 0 aromatic carbocycles. The SMILES string of the molecule is O.O.O.O.O.O=C([O-])CCCCCC1NC(=O)CS1.O=C([O-])CCCCCC1NC(=O)CS1.[Na+].[Na+]. The van der Waals surface area contributed by atoms with E-state index in [9.17, 15) is 29.4 Å². The fourth-order valence-corrected chi connectivity index (χ4v) is 4.71. The van der Waals surface area contributed by atoms with Crippen molar-refractivity contribution in [3.8, 4) is 0 Å². The Morgan fingerprint density at radius 1 is 0.657 bits per heavy atom. The number of hydrogen-bond acceptors (Lipinski definition) is 8. The second-order valence-corrected chi connectivity index (χ2v) is 9.06. The predicted molar refractivity (Wildman–Crippen MR) is 123 cm³/mol. The Balaban J connectivity index is -0.0000000747. The van der Waals surface area contributed by atoms with Gasteiger partial charge in [0.25, 0.3) is 0 Å². The number of carboxylic acids is 2. The summed E-state index contributed by atoms with van der Waals surface area (Å²) in [6.45, 7) is 0. The van der Waals surface area contributed by atoms with Gasteiger partial charge in [0, 0.05) is 11.9 Å². The van der Waals surface area contributed by atoms with E-state index in [1.165, 1.54) is 0 Å². The first-order valence-corrected chi connectivity index (χ1v) is 11.7. The van der Waals surface area contributed by atoms with Gasteiger partial charge >= 0.3 is 59.1 Å². The zero-order valence-electron chi connectivity index (χ0n) is 20.4. The van der Waals surface area contributed by atoms with Crippen molar-refractivity contribution in [3.05, 3.63) is 0 Å². The number of rotatable bonds is 12. The van der Waals surface area contributed by atoms with E-state index in [0.29, 0.717) is 24.3 Å². The Bertz CT molecular complexity index is 507. The van der Waals surface area contributed by atoms with Gasteiger partial charge < -0.3 is 57.8 Å². The van der Waals surface area contributed by atoms with Gasteiger partial charge in [0.15, 0.2) is 0 Å². The average molecular weight is 569 g/mol. The van der Waals surface area contributed by atoms with Crippen molar-refractivity contribution in [2.75, 3.05) is 11.5 Å². The summed E-state index contributed by atoms with van der Waals surface area (Å²) in [5.74, 6) is -0.625. The van der Waals surface area contributed by atoms with Crippen molar-refractivity contribution in [1.29, 1.82) is 0 Å². The maximum absolute atomic E-state index is 10.8. The summed E-state index contributed by atoms with van der Waals surface area (Å²) < 4.78 is 0. The predicted octanol–water partition coefficient (Wildman–Crippen LogP) is -10.4. The van der Waals surface area contributed by atoms with Crippen LogP contribution >= 0.6 is 23.5 Å². The molecule has 0 bridgehead atoms. The molecule has 13 nitrogen and oxygen atoms in total. The maximum atomic E-state index is 10.8. The smallest absolute Gasteiger partial charge is 0.550 e. The van der Waals surface area contributed by atoms with Gasteiger partial charge in [-0.15, -0.1) is 23.5 Å². The van der Waals surface area contributed by atoms with Gasteiger partial charge in [-0.3, -0.25) is 9.59 Å². The Morgan fingerprint density at radius 2 is 0.971 bits per heavy atom. The standard InChI is InChI=1S/2C9H15NO3S.2Na.5H2O/c2*11-7-6-14-8(10-7)4-2-1-3-5-9(12)13;;;;;;;/h2*8H,1-6H2,(H,10,11)(H,12,13);;;5*1H2/q;;2*+1;;;;;/p-2. The number of unbranched alkanes of at least 4 members (excludes halogenated alkanes) is 4. The van der Waals surface area contributed by atoms with Crippen molar-refractivity contribution in [2.24, 2.45) is 0 Å². The number of carbonyl (C=O) groups is 4. The molecule has 0 saturated carbocycles. The van der Waals surface area contributed by atoms with E-state index in [0.717, 1.165) is 38.5 Å². The van der Waals surface area contributed by atoms with E-state index in [2.05, 4.69) is 10.6 Å². The molecule has 2 unspecified atom stereocenters. The topological polar surface area (TPSA) is 296 Å². The van der Waals surface area contributed by atoms with Crippen molar-refractivity contribution >= 4 is 47.3 Å². The molecule has 0 aromatic heterocycles. The van der Waals surface area contributed by atoms with Crippen molar-refractivity contribution in [1.82, 2.24) is 10.6 Å². The molecule has 35 heavy (non-hydrogen) atoms. The molecular formula is C18H38N2Na2O11S2. The van der Waals surface area contributed by atoms with Gasteiger partial charge in [-0.1, -0.05) is 25.7 Å². The quantitative estimate of drug-likeness (QED) is 0.168. The van der Waals surface area contributed by atoms with Gasteiger partial charge in [-0.2, -0.15) is 0 Å². The zero-order chi connectivity index (χ0) is 20.8. The molecule has 17 heteroatoms. The molecule has 2 rings (SSSR count). The first kappa shape index (κ1) is 51.9. The fraction of sp³-hybridized carbons (Fsp3) is 0.778. The van der Waals surface area contributed by atoms with Crippen LogP contribution in [0, 0.1) is 0 Å². The Hall–Kier alpha value is 0.380. The molecule has 200 valence electrons. The second kappa shape index (κ2) is 32.4. The third kappa shape index (κ3) is 30.5. The molecule has 0 aliphatic carbocycles. The molecule has 2 fully saturated rings. The average Bonchev–Trinajstić information content (AvgIpc) is 3.22. The van der Waals surface area contributed by atoms with E-state index in [1.54, 1.807) is 23.5 Å². The molecule has 0 radical (unpaired) electrons. The van der Waals surface area contributed by atoms with Gasteiger partial charge in [-0.05, 0) is 38.5 Å². The summed E-state index contributed by atoms with van der Waals surface area (Å²) in [4.78, 5) is 41.8. The maximum Gasteiger partial charge on any atom is 1.00 e. The van der Waals surface area contributed by atoms with Crippen LogP contribution in [0.4, 0.5) is 0 Å². The van der Waals surface area contributed by atoms with Gasteiger partial charge in [0.2, 0.25) is 11.8 Å². The van der Waals surface area contributed by atoms with E-state index in [-0.39, 0.29) is 122 Å². The van der Waals surface area contributed by atoms with Crippen LogP contribution in [0.1, 0.15) is 64.2 Å². The number of thioether (sulfide) groups is 2. The minimum atomic E-state index is -0.978. The van der Waals surface area contributed by atoms with Crippen LogP contribution in [-0.2, 0) is 19.2 Å². The molecule has 2 amide bonds. The minimum Gasteiger partial charge on any atom is -0.550 e. The Morgan fingerprint density at radius 3 is 1.20 bits per heavy atom. The first-order chi connectivity index (χ1) is 13.4. The molecule has 2 heterocycles. The summed E-state index contributed by atoms with van der Waals surface area (Å²) >= 11 is 3.25. The largest absolute Gasteiger partial charge is 1.00 e. The summed E-state index contributed by atoms with van der Waals surface area (Å²) in [5.41, 5.74) is 0. The molecule has 12 N–H and O–H groups in total. The van der Waals surface area contributed by atoms with E-state index in [4.69, 9.17) is 0 Å². The van der Waals surface area contributed by atoms with E-state index in [1.807, 2.05) is 0 Å². The summed E-state index contributed by atoms with van der Waals surface area (Å²) in [5, 5.41) is 26.4. The van der Waals surface area contributed by atoms with Crippen LogP contribution in [0.25, 0.3) is 0 Å². The Kier molecular flexibility index (Phi) is 48.1. The summed E-state index contributed by atoms with van der Waals surface area (Å²) in [7, 11) is 0. The third-order valence-corrected chi connectivity index (χ3v) is 6.54. The van der Waals surface area contributed by atoms with Crippen LogP contribution < -0.4 is 80.0 Å². The monoisotopic (exact) mass is 568 g/mol. The number of hydrogen-bond donors (Lipinski definition) is 2. The number of nitrogens with one attached hydrogen (secondary N) is 2. The zero-order valence-corrected chi connectivity index (χ0v) is 26.0. The number of amides is 2.